The Bertz CT molecular complexity index is 259. The molecule has 0 saturated carbocycles. The first-order valence-electron chi connectivity index (χ1n) is 6.08. The molecular formula is C15H22. The largest absolute Gasteiger partial charge is 0.0917 e. The zero-order valence-corrected chi connectivity index (χ0v) is 9.78. The van der Waals surface area contributed by atoms with E-state index in [-0.39, 0.29) is 0 Å². The topological polar surface area (TPSA) is 0 Å². The molecule has 0 nitrogen and oxygen atoms in total. The number of aryl methyl sites for hydroxylation is 1. The molecule has 1 aromatic rings. The highest BCUT2D eigenvalue weighted by Gasteiger charge is 1.92. The molecule has 0 spiro atoms. The summed E-state index contributed by atoms with van der Waals surface area (Å²) in [6, 6.07) is 10.8. The molecule has 0 aliphatic carbocycles. The predicted molar refractivity (Wildman–Crippen MR) is 68.0 cm³/mol. The van der Waals surface area contributed by atoms with Gasteiger partial charge in [-0.1, -0.05) is 55.3 Å². The maximum atomic E-state index is 2.26. The van der Waals surface area contributed by atoms with Gasteiger partial charge in [0.1, 0.15) is 0 Å². The lowest BCUT2D eigenvalue weighted by molar-refractivity contribution is 0.646. The summed E-state index contributed by atoms with van der Waals surface area (Å²) in [6.07, 6.45) is 12.3. The van der Waals surface area contributed by atoms with Gasteiger partial charge >= 0.3 is 0 Å². The molecule has 0 bridgehead atoms. The minimum atomic E-state index is 1.24. The van der Waals surface area contributed by atoms with Gasteiger partial charge in [0.15, 0.2) is 0 Å². The van der Waals surface area contributed by atoms with Crippen LogP contribution in [0.1, 0.15) is 44.6 Å². The fourth-order valence-corrected chi connectivity index (χ4v) is 1.76. The number of benzene rings is 1. The highest BCUT2D eigenvalue weighted by Crippen LogP contribution is 2.08. The van der Waals surface area contributed by atoms with Crippen molar-refractivity contribution >= 4 is 0 Å². The van der Waals surface area contributed by atoms with Crippen LogP contribution < -0.4 is 0 Å². The van der Waals surface area contributed by atoms with Crippen molar-refractivity contribution in [3.8, 4) is 0 Å². The van der Waals surface area contributed by atoms with Crippen molar-refractivity contribution in [3.05, 3.63) is 48.0 Å². The summed E-state index contributed by atoms with van der Waals surface area (Å²) < 4.78 is 0. The van der Waals surface area contributed by atoms with Crippen LogP contribution in [0.5, 0.6) is 0 Å². The molecule has 0 heterocycles. The SMILES string of the molecule is C/C=C/CCCCCCc1ccccc1. The number of hydrogen-bond acceptors (Lipinski definition) is 0. The van der Waals surface area contributed by atoms with E-state index in [0.29, 0.717) is 0 Å². The number of hydrogen-bond donors (Lipinski definition) is 0. The highest BCUT2D eigenvalue weighted by molar-refractivity contribution is 5.14. The maximum Gasteiger partial charge on any atom is -0.0279 e. The molecule has 0 aliphatic rings. The Morgan fingerprint density at radius 3 is 2.40 bits per heavy atom. The fraction of sp³-hybridized carbons (Fsp3) is 0.467. The Morgan fingerprint density at radius 1 is 0.933 bits per heavy atom. The molecule has 0 heteroatoms. The van der Waals surface area contributed by atoms with Crippen LogP contribution in [0.2, 0.25) is 0 Å². The van der Waals surface area contributed by atoms with E-state index < -0.39 is 0 Å². The second-order valence-electron chi connectivity index (χ2n) is 4.01. The molecule has 0 unspecified atom stereocenters. The molecule has 0 aliphatic heterocycles. The van der Waals surface area contributed by atoms with E-state index in [1.807, 2.05) is 0 Å². The maximum absolute atomic E-state index is 2.26. The minimum absolute atomic E-state index is 1.24. The Labute approximate surface area is 94.0 Å². The minimum Gasteiger partial charge on any atom is -0.0917 e. The van der Waals surface area contributed by atoms with Crippen LogP contribution in [0.4, 0.5) is 0 Å². The first kappa shape index (κ1) is 12.0. The summed E-state index contributed by atoms with van der Waals surface area (Å²) in [5, 5.41) is 0. The van der Waals surface area contributed by atoms with Gasteiger partial charge in [-0.15, -0.1) is 0 Å². The molecule has 1 aromatic carbocycles. The van der Waals surface area contributed by atoms with Gasteiger partial charge in [-0.25, -0.2) is 0 Å². The van der Waals surface area contributed by atoms with E-state index in [4.69, 9.17) is 0 Å². The predicted octanol–water partition coefficient (Wildman–Crippen LogP) is 4.76. The third-order valence-electron chi connectivity index (χ3n) is 2.66. The van der Waals surface area contributed by atoms with E-state index in [1.165, 1.54) is 44.1 Å². The average molecular weight is 202 g/mol. The van der Waals surface area contributed by atoms with Gasteiger partial charge in [0.25, 0.3) is 0 Å². The van der Waals surface area contributed by atoms with Crippen LogP contribution in [0.25, 0.3) is 0 Å². The molecule has 1 rings (SSSR count). The lowest BCUT2D eigenvalue weighted by Crippen LogP contribution is -1.85. The fourth-order valence-electron chi connectivity index (χ4n) is 1.76. The monoisotopic (exact) mass is 202 g/mol. The Balaban J connectivity index is 1.98. The normalized spacial score (nSPS) is 11.0. The summed E-state index contributed by atoms with van der Waals surface area (Å²) in [6.45, 7) is 2.09. The van der Waals surface area contributed by atoms with Crippen LogP contribution in [-0.4, -0.2) is 0 Å². The molecule has 0 atom stereocenters. The smallest absolute Gasteiger partial charge is 0.0279 e. The molecule has 0 saturated heterocycles. The first-order chi connectivity index (χ1) is 7.43. The van der Waals surface area contributed by atoms with Crippen LogP contribution >= 0.6 is 0 Å². The first-order valence-corrected chi connectivity index (χ1v) is 6.08. The van der Waals surface area contributed by atoms with Gasteiger partial charge < -0.3 is 0 Å². The average Bonchev–Trinajstić information content (AvgIpc) is 2.29. The second-order valence-corrected chi connectivity index (χ2v) is 4.01. The van der Waals surface area contributed by atoms with Gasteiger partial charge in [-0.3, -0.25) is 0 Å². The molecule has 15 heavy (non-hydrogen) atoms. The quantitative estimate of drug-likeness (QED) is 0.442. The Kier molecular flexibility index (Phi) is 6.64. The van der Waals surface area contributed by atoms with Gasteiger partial charge in [-0.05, 0) is 38.2 Å². The number of rotatable bonds is 7. The zero-order valence-electron chi connectivity index (χ0n) is 9.78. The Hall–Kier alpha value is -1.04. The van der Waals surface area contributed by atoms with Crippen molar-refractivity contribution in [1.82, 2.24) is 0 Å². The summed E-state index contributed by atoms with van der Waals surface area (Å²) in [4.78, 5) is 0. The van der Waals surface area contributed by atoms with Crippen molar-refractivity contribution in [2.75, 3.05) is 0 Å². The molecular weight excluding hydrogens is 180 g/mol. The van der Waals surface area contributed by atoms with Crippen molar-refractivity contribution in [3.63, 3.8) is 0 Å². The van der Waals surface area contributed by atoms with Crippen molar-refractivity contribution in [2.45, 2.75) is 45.4 Å². The second kappa shape index (κ2) is 8.28. The molecule has 82 valence electrons. The molecule has 0 N–H and O–H groups in total. The molecule has 0 amide bonds. The van der Waals surface area contributed by atoms with Gasteiger partial charge in [0.05, 0.1) is 0 Å². The lowest BCUT2D eigenvalue weighted by Gasteiger charge is -2.00. The molecule has 0 radical (unpaired) electrons. The van der Waals surface area contributed by atoms with Crippen LogP contribution in [0.15, 0.2) is 42.5 Å². The third-order valence-corrected chi connectivity index (χ3v) is 2.66. The number of allylic oxidation sites excluding steroid dienone is 2. The van der Waals surface area contributed by atoms with Crippen LogP contribution in [0.3, 0.4) is 0 Å². The molecule has 0 fully saturated rings. The van der Waals surface area contributed by atoms with E-state index in [0.717, 1.165) is 0 Å². The summed E-state index contributed by atoms with van der Waals surface area (Å²) in [5.74, 6) is 0. The lowest BCUT2D eigenvalue weighted by atomic mass is 10.1. The van der Waals surface area contributed by atoms with Crippen molar-refractivity contribution in [2.24, 2.45) is 0 Å². The van der Waals surface area contributed by atoms with E-state index >= 15 is 0 Å². The Morgan fingerprint density at radius 2 is 1.67 bits per heavy atom. The van der Waals surface area contributed by atoms with Crippen molar-refractivity contribution in [1.29, 1.82) is 0 Å². The van der Waals surface area contributed by atoms with Crippen molar-refractivity contribution < 1.29 is 0 Å². The van der Waals surface area contributed by atoms with E-state index in [2.05, 4.69) is 49.4 Å². The van der Waals surface area contributed by atoms with E-state index in [9.17, 15) is 0 Å². The summed E-state index contributed by atoms with van der Waals surface area (Å²) >= 11 is 0. The standard InChI is InChI=1S/C15H22/c1-2-3-4-5-6-7-9-12-15-13-10-8-11-14-15/h2-3,8,10-11,13-14H,4-7,9,12H2,1H3/b3-2+. The summed E-state index contributed by atoms with van der Waals surface area (Å²) in [5.41, 5.74) is 1.48. The van der Waals surface area contributed by atoms with Gasteiger partial charge in [-0.2, -0.15) is 0 Å². The molecule has 0 aromatic heterocycles. The van der Waals surface area contributed by atoms with Crippen LogP contribution in [0, 0.1) is 0 Å². The van der Waals surface area contributed by atoms with Crippen LogP contribution in [-0.2, 0) is 6.42 Å². The van der Waals surface area contributed by atoms with E-state index in [1.54, 1.807) is 0 Å². The third kappa shape index (κ3) is 6.11. The highest BCUT2D eigenvalue weighted by atomic mass is 14.0. The van der Waals surface area contributed by atoms with Gasteiger partial charge in [0, 0.05) is 0 Å². The van der Waals surface area contributed by atoms with Gasteiger partial charge in [0.2, 0.25) is 0 Å². The summed E-state index contributed by atoms with van der Waals surface area (Å²) in [7, 11) is 0. The zero-order chi connectivity index (χ0) is 10.8. The number of unbranched alkanes of at least 4 members (excludes halogenated alkanes) is 4.